The Morgan fingerprint density at radius 3 is 2.64 bits per heavy atom. The summed E-state index contributed by atoms with van der Waals surface area (Å²) < 4.78 is 5.05. The smallest absolute Gasteiger partial charge is 0.0740 e. The monoisotopic (exact) mass is 236 g/mol. The molecular weight excluding hydrogens is 216 g/mol. The molecule has 0 unspecified atom stereocenters. The molecule has 5 heteroatoms. The van der Waals surface area contributed by atoms with Gasteiger partial charge in [-0.2, -0.15) is 11.8 Å². The molecule has 0 heterocycles. The van der Waals surface area contributed by atoms with Gasteiger partial charge in [-0.3, -0.25) is 4.90 Å². The predicted octanol–water partition coefficient (Wildman–Crippen LogP) is 0.974. The lowest BCUT2D eigenvalue weighted by Gasteiger charge is -2.20. The number of hydrogen-bond donors (Lipinski definition) is 1. The van der Waals surface area contributed by atoms with Crippen LogP contribution in [-0.4, -0.2) is 55.2 Å². The zero-order valence-electron chi connectivity index (χ0n) is 8.99. The van der Waals surface area contributed by atoms with E-state index in [2.05, 4.69) is 11.2 Å². The lowest BCUT2D eigenvalue weighted by molar-refractivity contribution is 0.153. The lowest BCUT2D eigenvalue weighted by atomic mass is 10.3. The van der Waals surface area contributed by atoms with E-state index >= 15 is 0 Å². The number of nitrogens with zero attached hydrogens (tertiary/aromatic N) is 1. The molecule has 0 rings (SSSR count). The average Bonchev–Trinajstić information content (AvgIpc) is 2.16. The van der Waals surface area contributed by atoms with Crippen LogP contribution in [0.2, 0.25) is 0 Å². The van der Waals surface area contributed by atoms with Gasteiger partial charge in [-0.25, -0.2) is 0 Å². The first kappa shape index (κ1) is 14.2. The Bertz CT molecular complexity index is 148. The van der Waals surface area contributed by atoms with Gasteiger partial charge in [0.2, 0.25) is 0 Å². The highest BCUT2D eigenvalue weighted by Gasteiger charge is 2.04. The fourth-order valence-corrected chi connectivity index (χ4v) is 1.58. The van der Waals surface area contributed by atoms with Crippen LogP contribution in [0.15, 0.2) is 0 Å². The fourth-order valence-electron chi connectivity index (χ4n) is 1.04. The van der Waals surface area contributed by atoms with Crippen molar-refractivity contribution >= 4 is 29.0 Å². The van der Waals surface area contributed by atoms with Crippen molar-refractivity contribution in [3.05, 3.63) is 0 Å². The first-order chi connectivity index (χ1) is 6.70. The van der Waals surface area contributed by atoms with Crippen molar-refractivity contribution in [3.63, 3.8) is 0 Å². The van der Waals surface area contributed by atoms with Crippen LogP contribution >= 0.6 is 24.0 Å². The van der Waals surface area contributed by atoms with E-state index in [-0.39, 0.29) is 0 Å². The number of rotatable bonds is 9. The van der Waals surface area contributed by atoms with Gasteiger partial charge >= 0.3 is 0 Å². The maximum atomic E-state index is 5.47. The van der Waals surface area contributed by atoms with Crippen LogP contribution in [0.3, 0.4) is 0 Å². The predicted molar refractivity (Wildman–Crippen MR) is 68.1 cm³/mol. The van der Waals surface area contributed by atoms with Gasteiger partial charge in [0, 0.05) is 38.9 Å². The molecule has 0 saturated carbocycles. The Labute approximate surface area is 96.4 Å². The third kappa shape index (κ3) is 8.74. The quantitative estimate of drug-likeness (QED) is 0.604. The third-order valence-electron chi connectivity index (χ3n) is 1.90. The van der Waals surface area contributed by atoms with Crippen LogP contribution in [-0.2, 0) is 4.74 Å². The SMILES string of the molecule is COCCN(CCSC)CCC(N)=S. The van der Waals surface area contributed by atoms with Gasteiger partial charge in [-0.05, 0) is 6.26 Å². The van der Waals surface area contributed by atoms with Crippen molar-refractivity contribution < 1.29 is 4.74 Å². The molecule has 0 bridgehead atoms. The van der Waals surface area contributed by atoms with Crippen LogP contribution in [0.1, 0.15) is 6.42 Å². The lowest BCUT2D eigenvalue weighted by Crippen LogP contribution is -2.32. The molecule has 0 aliphatic carbocycles. The first-order valence-corrected chi connectivity index (χ1v) is 6.49. The molecule has 0 aliphatic rings. The van der Waals surface area contributed by atoms with Crippen LogP contribution in [0.4, 0.5) is 0 Å². The minimum Gasteiger partial charge on any atom is -0.393 e. The number of ether oxygens (including phenoxy) is 1. The summed E-state index contributed by atoms with van der Waals surface area (Å²) in [4.78, 5) is 2.93. The molecule has 14 heavy (non-hydrogen) atoms. The fraction of sp³-hybridized carbons (Fsp3) is 0.889. The summed E-state index contributed by atoms with van der Waals surface area (Å²) in [6, 6.07) is 0. The topological polar surface area (TPSA) is 38.5 Å². The van der Waals surface area contributed by atoms with E-state index in [0.29, 0.717) is 4.99 Å². The summed E-state index contributed by atoms with van der Waals surface area (Å²) in [5.41, 5.74) is 5.47. The molecule has 3 nitrogen and oxygen atoms in total. The normalized spacial score (nSPS) is 10.8. The Hall–Kier alpha value is 0.160. The maximum Gasteiger partial charge on any atom is 0.0740 e. The Morgan fingerprint density at radius 2 is 2.14 bits per heavy atom. The molecule has 0 spiro atoms. The molecule has 0 aromatic carbocycles. The van der Waals surface area contributed by atoms with Gasteiger partial charge in [0.15, 0.2) is 0 Å². The second kappa shape index (κ2) is 9.71. The van der Waals surface area contributed by atoms with Crippen molar-refractivity contribution in [3.8, 4) is 0 Å². The van der Waals surface area contributed by atoms with Crippen LogP contribution in [0.5, 0.6) is 0 Å². The van der Waals surface area contributed by atoms with Crippen molar-refractivity contribution in [1.82, 2.24) is 4.90 Å². The average molecular weight is 236 g/mol. The van der Waals surface area contributed by atoms with Crippen molar-refractivity contribution in [2.75, 3.05) is 45.4 Å². The first-order valence-electron chi connectivity index (χ1n) is 4.69. The molecule has 0 atom stereocenters. The van der Waals surface area contributed by atoms with E-state index in [4.69, 9.17) is 22.7 Å². The molecule has 0 aromatic rings. The standard InChI is InChI=1S/C9H20N2OS2/c1-12-7-5-11(6-8-14-2)4-3-9(10)13/h3-8H2,1-2H3,(H2,10,13). The molecule has 0 aromatic heterocycles. The van der Waals surface area contributed by atoms with Crippen molar-refractivity contribution in [2.24, 2.45) is 5.73 Å². The second-order valence-corrected chi connectivity index (χ2v) is 4.55. The molecule has 0 radical (unpaired) electrons. The van der Waals surface area contributed by atoms with Gasteiger partial charge in [0.1, 0.15) is 0 Å². The summed E-state index contributed by atoms with van der Waals surface area (Å²) in [7, 11) is 1.72. The number of methoxy groups -OCH3 is 1. The molecule has 2 N–H and O–H groups in total. The zero-order chi connectivity index (χ0) is 10.8. The van der Waals surface area contributed by atoms with E-state index in [0.717, 1.165) is 38.4 Å². The third-order valence-corrected chi connectivity index (χ3v) is 2.69. The highest BCUT2D eigenvalue weighted by molar-refractivity contribution is 7.98. The van der Waals surface area contributed by atoms with E-state index in [9.17, 15) is 0 Å². The molecule has 0 amide bonds. The van der Waals surface area contributed by atoms with Crippen molar-refractivity contribution in [1.29, 1.82) is 0 Å². The number of thioether (sulfide) groups is 1. The van der Waals surface area contributed by atoms with Gasteiger partial charge in [-0.15, -0.1) is 0 Å². The summed E-state index contributed by atoms with van der Waals surface area (Å²) >= 11 is 6.70. The highest BCUT2D eigenvalue weighted by atomic mass is 32.2. The van der Waals surface area contributed by atoms with E-state index < -0.39 is 0 Å². The highest BCUT2D eigenvalue weighted by Crippen LogP contribution is 1.97. The zero-order valence-corrected chi connectivity index (χ0v) is 10.6. The summed E-state index contributed by atoms with van der Waals surface area (Å²) in [6.45, 7) is 3.75. The molecular formula is C9H20N2OS2. The minimum absolute atomic E-state index is 0.594. The maximum absolute atomic E-state index is 5.47. The van der Waals surface area contributed by atoms with Crippen molar-refractivity contribution in [2.45, 2.75) is 6.42 Å². The van der Waals surface area contributed by atoms with Gasteiger partial charge < -0.3 is 10.5 Å². The molecule has 0 saturated heterocycles. The van der Waals surface area contributed by atoms with E-state index in [1.807, 2.05) is 11.8 Å². The van der Waals surface area contributed by atoms with Gasteiger partial charge in [-0.1, -0.05) is 12.2 Å². The Kier molecular flexibility index (Phi) is 9.82. The van der Waals surface area contributed by atoms with Gasteiger partial charge in [0.05, 0.1) is 11.6 Å². The molecule has 0 aliphatic heterocycles. The van der Waals surface area contributed by atoms with Crippen LogP contribution in [0.25, 0.3) is 0 Å². The Morgan fingerprint density at radius 1 is 1.43 bits per heavy atom. The van der Waals surface area contributed by atoms with Crippen LogP contribution in [0, 0.1) is 0 Å². The minimum atomic E-state index is 0.594. The second-order valence-electron chi connectivity index (χ2n) is 3.04. The molecule has 84 valence electrons. The number of nitrogens with two attached hydrogens (primary N) is 1. The number of hydrogen-bond acceptors (Lipinski definition) is 4. The summed E-state index contributed by atoms with van der Waals surface area (Å²) in [6.07, 6.45) is 2.91. The van der Waals surface area contributed by atoms with Gasteiger partial charge in [0.25, 0.3) is 0 Å². The number of thiocarbonyl (C=S) groups is 1. The Balaban J connectivity index is 3.65. The van der Waals surface area contributed by atoms with Crippen LogP contribution < -0.4 is 5.73 Å². The largest absolute Gasteiger partial charge is 0.393 e. The summed E-state index contributed by atoms with van der Waals surface area (Å²) in [5.74, 6) is 1.14. The van der Waals surface area contributed by atoms with E-state index in [1.165, 1.54) is 0 Å². The summed E-state index contributed by atoms with van der Waals surface area (Å²) in [5, 5.41) is 0. The molecule has 0 fully saturated rings. The van der Waals surface area contributed by atoms with E-state index in [1.54, 1.807) is 7.11 Å².